The highest BCUT2D eigenvalue weighted by Crippen LogP contribution is 2.53. The Morgan fingerprint density at radius 1 is 0.934 bits per heavy atom. The van der Waals surface area contributed by atoms with Crippen LogP contribution in [0.4, 0.5) is 0 Å². The fraction of sp³-hybridized carbons (Fsp3) is 0.615. The fourth-order valence-electron chi connectivity index (χ4n) is 11.1. The predicted molar refractivity (Wildman–Crippen MR) is 276 cm³/mol. The second kappa shape index (κ2) is 24.5. The number of nitrogens with zero attached hydrogens (tertiary/aromatic N) is 1. The summed E-state index contributed by atoms with van der Waals surface area (Å²) in [7, 11) is 1.29. The van der Waals surface area contributed by atoms with Crippen LogP contribution >= 0.6 is 12.4 Å². The number of methoxy groups -OCH3 is 1. The first-order valence-corrected chi connectivity index (χ1v) is 24.8. The molecule has 1 amide bonds. The molecular weight excluding hydrogens is 1020 g/mol. The molecule has 422 valence electrons. The maximum Gasteiger partial charge on any atom is 0.310 e. The highest BCUT2D eigenvalue weighted by molar-refractivity contribution is 6.31. The van der Waals surface area contributed by atoms with E-state index in [0.29, 0.717) is 0 Å². The zero-order valence-corrected chi connectivity index (χ0v) is 45.2. The van der Waals surface area contributed by atoms with Gasteiger partial charge in [0.2, 0.25) is 11.7 Å². The van der Waals surface area contributed by atoms with Crippen molar-refractivity contribution in [3.63, 3.8) is 0 Å². The first-order chi connectivity index (χ1) is 34.9. The topological polar surface area (TPSA) is 389 Å². The summed E-state index contributed by atoms with van der Waals surface area (Å²) in [6, 6.07) is 3.41. The second-order valence-electron chi connectivity index (χ2n) is 21.9. The minimum absolute atomic E-state index is 0. The van der Waals surface area contributed by atoms with E-state index in [9.17, 15) is 69.3 Å². The molecule has 1 fully saturated rings. The average molecular weight is 1090 g/mol. The average Bonchev–Trinajstić information content (AvgIpc) is 3.32. The highest BCUT2D eigenvalue weighted by atomic mass is 35.5. The molecule has 10 atom stereocenters. The molecule has 3 aliphatic rings. The molecule has 0 radical (unpaired) electrons. The smallest absolute Gasteiger partial charge is 0.310 e. The number of carboxylic acid groups (broad SMARTS) is 1. The van der Waals surface area contributed by atoms with Crippen LogP contribution in [0.1, 0.15) is 149 Å². The lowest BCUT2D eigenvalue weighted by atomic mass is 9.58. The molecule has 0 saturated carbocycles. The van der Waals surface area contributed by atoms with Gasteiger partial charge in [-0.05, 0) is 45.6 Å². The third-order valence-electron chi connectivity index (χ3n) is 15.2. The number of rotatable bonds is 25. The number of phenolic OH excluding ortho intramolecular Hbond substituents is 2. The number of phenols is 2. The molecular formula is C52H75ClN6O17. The van der Waals surface area contributed by atoms with Crippen molar-refractivity contribution in [2.75, 3.05) is 33.4 Å². The number of benzene rings is 2. The van der Waals surface area contributed by atoms with E-state index in [0.717, 1.165) is 0 Å². The van der Waals surface area contributed by atoms with Gasteiger partial charge in [-0.3, -0.25) is 44.8 Å². The van der Waals surface area contributed by atoms with Crippen molar-refractivity contribution < 1.29 is 83.5 Å². The summed E-state index contributed by atoms with van der Waals surface area (Å²) < 4.78 is 17.7. The summed E-state index contributed by atoms with van der Waals surface area (Å²) in [5, 5.41) is 84.8. The summed E-state index contributed by atoms with van der Waals surface area (Å²) in [6.07, 6.45) is -8.32. The first kappa shape index (κ1) is 63.1. The van der Waals surface area contributed by atoms with Crippen LogP contribution in [0.5, 0.6) is 17.2 Å². The molecule has 1 heterocycles. The van der Waals surface area contributed by atoms with Crippen molar-refractivity contribution in [2.24, 2.45) is 38.3 Å². The van der Waals surface area contributed by atoms with Gasteiger partial charge in [-0.25, -0.2) is 0 Å². The van der Waals surface area contributed by atoms with E-state index in [4.69, 9.17) is 25.8 Å². The maximum absolute atomic E-state index is 15.0. The summed E-state index contributed by atoms with van der Waals surface area (Å²) >= 11 is 0. The SMILES string of the molecule is CCC(C)(CC(C)(CC(C)(CC(C)(C)C(=O)CC(=O)O)C(=O)CNN)C(=O)CNN=C(CO)[C@]1(O)Cc2c(O)c3c(c(O)c2[C@@H](OC2CC(N)C(O)C(C)O2)C1)C(=O)c1c(OC)cccc1C3=O)C(=O)NCC(C)O.Cl. The molecule has 76 heavy (non-hydrogen) atoms. The van der Waals surface area contributed by atoms with E-state index in [2.05, 4.69) is 21.3 Å². The van der Waals surface area contributed by atoms with E-state index < -0.39 is 172 Å². The Bertz CT molecular complexity index is 2600. The number of hydrazone groups is 1. The van der Waals surface area contributed by atoms with Gasteiger partial charge in [0, 0.05) is 70.2 Å². The summed E-state index contributed by atoms with van der Waals surface area (Å²) in [6.45, 7) is 10.2. The molecule has 2 aromatic carbocycles. The van der Waals surface area contributed by atoms with Gasteiger partial charge in [-0.15, -0.1) is 12.4 Å². The van der Waals surface area contributed by atoms with E-state index in [1.54, 1.807) is 20.8 Å². The Hall–Kier alpha value is -5.47. The maximum atomic E-state index is 15.0. The number of carbonyl (C=O) groups excluding carboxylic acids is 6. The van der Waals surface area contributed by atoms with Crippen LogP contribution in [0.15, 0.2) is 23.3 Å². The van der Waals surface area contributed by atoms with Crippen LogP contribution in [0.2, 0.25) is 0 Å². The van der Waals surface area contributed by atoms with E-state index >= 15 is 0 Å². The van der Waals surface area contributed by atoms with Gasteiger partial charge in [0.05, 0.1) is 73.6 Å². The molecule has 14 N–H and O–H groups in total. The molecule has 8 unspecified atom stereocenters. The number of nitrogens with two attached hydrogens (primary N) is 2. The standard InChI is InChI=1S/C52H74N6O17.ClH/c1-10-49(6,47(71)55-18-25(2)60)23-51(8,24-50(7,34(62)19-56-54)22-48(4,5)33(61)15-36(64)65)35(63)20-57-58-32(21-59)52(72)16-28-39(31(17-52)75-37-14-29(53)42(66)26(3)74-37)46(70)41-40(44(28)68)43(67)27-12-11-13-30(73-9)38(27)45(41)69;/h11-13,25-26,29,31,37,42,56-57,59-60,66,68,70,72H,10,14-24,53-54H2,1-9H3,(H,55,71)(H,64,65);1H/t25?,26?,29?,31-,37?,42?,49?,50?,51?,52-;/m0./s1. The van der Waals surface area contributed by atoms with Gasteiger partial charge in [0.25, 0.3) is 0 Å². The Morgan fingerprint density at radius 2 is 1.54 bits per heavy atom. The number of Topliss-reactive ketones (excluding diaryl/α,β-unsaturated/α-hetero) is 3. The molecule has 0 bridgehead atoms. The molecule has 2 aliphatic carbocycles. The van der Waals surface area contributed by atoms with Crippen molar-refractivity contribution in [3.05, 3.63) is 51.6 Å². The van der Waals surface area contributed by atoms with Crippen LogP contribution in [-0.4, -0.2) is 152 Å². The number of carbonyl (C=O) groups is 7. The molecule has 0 spiro atoms. The number of carboxylic acids is 1. The number of hydrazine groups is 1. The second-order valence-corrected chi connectivity index (χ2v) is 21.9. The Balaban J connectivity index is 0.0000125. The van der Waals surface area contributed by atoms with E-state index in [1.165, 1.54) is 59.9 Å². The zero-order chi connectivity index (χ0) is 56.3. The zero-order valence-electron chi connectivity index (χ0n) is 44.4. The number of hydrogen-bond acceptors (Lipinski definition) is 21. The van der Waals surface area contributed by atoms with Gasteiger partial charge in [-0.2, -0.15) is 5.10 Å². The van der Waals surface area contributed by atoms with Crippen LogP contribution in [0, 0.1) is 21.7 Å². The van der Waals surface area contributed by atoms with Crippen molar-refractivity contribution in [3.8, 4) is 17.2 Å². The van der Waals surface area contributed by atoms with Gasteiger partial charge in [0.1, 0.15) is 35.1 Å². The van der Waals surface area contributed by atoms with Gasteiger partial charge in [0.15, 0.2) is 23.6 Å². The van der Waals surface area contributed by atoms with Gasteiger partial charge < -0.3 is 66.4 Å². The molecule has 1 aliphatic heterocycles. The van der Waals surface area contributed by atoms with Crippen molar-refractivity contribution in [1.82, 2.24) is 16.2 Å². The van der Waals surface area contributed by atoms with Crippen molar-refractivity contribution in [1.29, 1.82) is 0 Å². The van der Waals surface area contributed by atoms with Crippen molar-refractivity contribution >= 4 is 58.9 Å². The highest BCUT2D eigenvalue weighted by Gasteiger charge is 2.53. The molecule has 0 aromatic heterocycles. The third kappa shape index (κ3) is 12.9. The molecule has 24 heteroatoms. The number of aliphatic hydroxyl groups is 4. The van der Waals surface area contributed by atoms with E-state index in [-0.39, 0.29) is 79.1 Å². The Labute approximate surface area is 446 Å². The van der Waals surface area contributed by atoms with Crippen LogP contribution < -0.4 is 32.5 Å². The fourth-order valence-corrected chi connectivity index (χ4v) is 11.1. The summed E-state index contributed by atoms with van der Waals surface area (Å²) in [4.78, 5) is 96.3. The number of halogens is 1. The third-order valence-corrected chi connectivity index (χ3v) is 15.2. The molecule has 1 saturated heterocycles. The quantitative estimate of drug-likeness (QED) is 0.0188. The molecule has 2 aromatic rings. The molecule has 5 rings (SSSR count). The lowest BCUT2D eigenvalue weighted by Crippen LogP contribution is -2.53. The number of hydrogen-bond donors (Lipinski definition) is 12. The van der Waals surface area contributed by atoms with E-state index in [1.807, 2.05) is 0 Å². The minimum atomic E-state index is -2.33. The summed E-state index contributed by atoms with van der Waals surface area (Å²) in [5.41, 5.74) is 0.570. The number of ether oxygens (including phenoxy) is 3. The number of amides is 1. The van der Waals surface area contributed by atoms with Gasteiger partial charge >= 0.3 is 5.97 Å². The van der Waals surface area contributed by atoms with Crippen LogP contribution in [0.3, 0.4) is 0 Å². The number of aliphatic carboxylic acids is 1. The number of ketones is 5. The monoisotopic (exact) mass is 1090 g/mol. The lowest BCUT2D eigenvalue weighted by molar-refractivity contribution is -0.245. The Kier molecular flexibility index (Phi) is 20.3. The summed E-state index contributed by atoms with van der Waals surface area (Å²) in [5.74, 6) is -1.34. The minimum Gasteiger partial charge on any atom is -0.507 e. The number of nitrogens with one attached hydrogen (secondary N) is 3. The largest absolute Gasteiger partial charge is 0.507 e. The lowest BCUT2D eigenvalue weighted by Gasteiger charge is -2.44. The normalized spacial score (nSPS) is 24.2. The number of aromatic hydroxyl groups is 2. The Morgan fingerprint density at radius 3 is 2.11 bits per heavy atom. The first-order valence-electron chi connectivity index (χ1n) is 24.8. The number of fused-ring (bicyclic) bond motifs is 3. The van der Waals surface area contributed by atoms with Crippen molar-refractivity contribution in [2.45, 2.75) is 149 Å². The predicted octanol–water partition coefficient (Wildman–Crippen LogP) is 1.57. The van der Waals surface area contributed by atoms with Crippen LogP contribution in [-0.2, 0) is 39.9 Å². The molecule has 23 nitrogen and oxygen atoms in total. The van der Waals surface area contributed by atoms with Crippen LogP contribution in [0.25, 0.3) is 0 Å². The number of aliphatic hydroxyl groups excluding tert-OH is 3. The van der Waals surface area contributed by atoms with Gasteiger partial charge in [-0.1, -0.05) is 53.7 Å².